The first-order chi connectivity index (χ1) is 9.90. The minimum absolute atomic E-state index is 0.00685. The predicted molar refractivity (Wildman–Crippen MR) is 86.9 cm³/mol. The molecule has 0 radical (unpaired) electrons. The summed E-state index contributed by atoms with van der Waals surface area (Å²) >= 11 is 3.75. The highest BCUT2D eigenvalue weighted by atomic mass is 79.9. The van der Waals surface area contributed by atoms with E-state index in [-0.39, 0.29) is 16.1 Å². The summed E-state index contributed by atoms with van der Waals surface area (Å²) in [7, 11) is 3.10. The third-order valence-corrected chi connectivity index (χ3v) is 5.87. The van der Waals surface area contributed by atoms with Crippen LogP contribution in [0.5, 0.6) is 11.5 Å². The van der Waals surface area contributed by atoms with Crippen LogP contribution < -0.4 is 9.47 Å². The van der Waals surface area contributed by atoms with Crippen molar-refractivity contribution in [3.8, 4) is 11.5 Å². The minimum Gasteiger partial charge on any atom is -0.493 e. The number of ether oxygens (including phenoxy) is 2. The molecule has 118 valence electrons. The smallest absolute Gasteiger partial charge is 0.163 e. The zero-order valence-electron chi connectivity index (χ0n) is 13.2. The van der Waals surface area contributed by atoms with Crippen molar-refractivity contribution in [2.75, 3.05) is 14.2 Å². The van der Waals surface area contributed by atoms with Crippen molar-refractivity contribution in [3.05, 3.63) is 23.5 Å². The number of hydrogen-bond acceptors (Lipinski definition) is 2. The van der Waals surface area contributed by atoms with Gasteiger partial charge in [-0.25, -0.2) is 4.39 Å². The van der Waals surface area contributed by atoms with E-state index >= 15 is 0 Å². The van der Waals surface area contributed by atoms with Gasteiger partial charge in [0.1, 0.15) is 5.82 Å². The van der Waals surface area contributed by atoms with E-state index in [1.807, 2.05) is 0 Å². The summed E-state index contributed by atoms with van der Waals surface area (Å²) in [5.74, 6) is 1.18. The Kier molecular flexibility index (Phi) is 5.18. The molecular formula is C17H24BrFO2. The van der Waals surface area contributed by atoms with Crippen LogP contribution in [0.15, 0.2) is 12.1 Å². The molecule has 1 fully saturated rings. The zero-order valence-corrected chi connectivity index (χ0v) is 14.8. The molecule has 0 bridgehead atoms. The van der Waals surface area contributed by atoms with E-state index in [0.29, 0.717) is 23.0 Å². The second-order valence-corrected chi connectivity index (χ2v) is 7.46. The van der Waals surface area contributed by atoms with E-state index in [2.05, 4.69) is 29.8 Å². The molecule has 1 aromatic rings. The largest absolute Gasteiger partial charge is 0.493 e. The Morgan fingerprint density at radius 2 is 1.81 bits per heavy atom. The SMILES string of the molecule is COc1cc(F)c(C(Br)C2CCCCC2(C)C)cc1OC. The molecule has 0 spiro atoms. The van der Waals surface area contributed by atoms with Crippen LogP contribution in [0.1, 0.15) is 49.9 Å². The fraction of sp³-hybridized carbons (Fsp3) is 0.647. The Morgan fingerprint density at radius 1 is 1.19 bits per heavy atom. The van der Waals surface area contributed by atoms with Gasteiger partial charge in [-0.1, -0.05) is 42.6 Å². The van der Waals surface area contributed by atoms with Gasteiger partial charge in [-0.3, -0.25) is 0 Å². The highest BCUT2D eigenvalue weighted by Gasteiger charge is 2.38. The molecule has 0 heterocycles. The van der Waals surface area contributed by atoms with Gasteiger partial charge in [-0.2, -0.15) is 0 Å². The van der Waals surface area contributed by atoms with Crippen molar-refractivity contribution in [2.24, 2.45) is 11.3 Å². The third-order valence-electron chi connectivity index (χ3n) is 4.74. The number of hydrogen-bond donors (Lipinski definition) is 0. The average Bonchev–Trinajstić information content (AvgIpc) is 2.45. The number of rotatable bonds is 4. The number of benzene rings is 1. The Morgan fingerprint density at radius 3 is 2.38 bits per heavy atom. The summed E-state index contributed by atoms with van der Waals surface area (Å²) in [6, 6.07) is 3.18. The number of alkyl halides is 1. The molecule has 2 rings (SSSR count). The standard InChI is InChI=1S/C17H24BrFO2/c1-17(2)8-6-5-7-12(17)16(18)11-9-14(20-3)15(21-4)10-13(11)19/h9-10,12,16H,5-8H2,1-4H3. The summed E-state index contributed by atoms with van der Waals surface area (Å²) in [6.45, 7) is 4.56. The van der Waals surface area contributed by atoms with Crippen molar-refractivity contribution in [1.29, 1.82) is 0 Å². The molecule has 2 atom stereocenters. The van der Waals surface area contributed by atoms with Crippen LogP contribution >= 0.6 is 15.9 Å². The molecule has 0 N–H and O–H groups in total. The minimum atomic E-state index is -0.240. The lowest BCUT2D eigenvalue weighted by Gasteiger charge is -2.41. The van der Waals surface area contributed by atoms with E-state index in [9.17, 15) is 4.39 Å². The molecule has 4 heteroatoms. The van der Waals surface area contributed by atoms with Crippen LogP contribution in [0.3, 0.4) is 0 Å². The van der Waals surface area contributed by atoms with Gasteiger partial charge in [0.05, 0.1) is 14.2 Å². The maximum absolute atomic E-state index is 14.4. The summed E-state index contributed by atoms with van der Waals surface area (Å²) in [5.41, 5.74) is 0.874. The van der Waals surface area contributed by atoms with E-state index in [0.717, 1.165) is 6.42 Å². The van der Waals surface area contributed by atoms with E-state index in [1.54, 1.807) is 13.2 Å². The molecule has 21 heavy (non-hydrogen) atoms. The molecule has 1 saturated carbocycles. The second-order valence-electron chi connectivity index (χ2n) is 6.47. The molecule has 1 aromatic carbocycles. The lowest BCUT2D eigenvalue weighted by Crippen LogP contribution is -2.31. The Bertz CT molecular complexity index is 502. The van der Waals surface area contributed by atoms with Gasteiger partial charge in [0.15, 0.2) is 11.5 Å². The summed E-state index contributed by atoms with van der Waals surface area (Å²) in [5, 5.41) is 0. The van der Waals surface area contributed by atoms with Crippen LogP contribution in [0, 0.1) is 17.2 Å². The lowest BCUT2D eigenvalue weighted by molar-refractivity contribution is 0.135. The first-order valence-corrected chi connectivity index (χ1v) is 8.37. The molecule has 0 aromatic heterocycles. The fourth-order valence-electron chi connectivity index (χ4n) is 3.36. The average molecular weight is 359 g/mol. The summed E-state index contributed by atoms with van der Waals surface area (Å²) in [6.07, 6.45) is 4.79. The molecule has 0 amide bonds. The van der Waals surface area contributed by atoms with Crippen LogP contribution in [-0.2, 0) is 0 Å². The number of halogens is 2. The molecule has 0 aliphatic heterocycles. The normalized spacial score (nSPS) is 22.7. The fourth-order valence-corrected chi connectivity index (χ4v) is 4.69. The van der Waals surface area contributed by atoms with Crippen LogP contribution in [0.2, 0.25) is 0 Å². The van der Waals surface area contributed by atoms with Gasteiger partial charge in [0.2, 0.25) is 0 Å². The van der Waals surface area contributed by atoms with E-state index in [1.165, 1.54) is 32.4 Å². The van der Waals surface area contributed by atoms with Crippen LogP contribution in [-0.4, -0.2) is 14.2 Å². The molecule has 0 saturated heterocycles. The quantitative estimate of drug-likeness (QED) is 0.662. The lowest BCUT2D eigenvalue weighted by atomic mass is 9.66. The van der Waals surface area contributed by atoms with Crippen LogP contribution in [0.25, 0.3) is 0 Å². The topological polar surface area (TPSA) is 18.5 Å². The predicted octanol–water partition coefficient (Wildman–Crippen LogP) is 5.50. The van der Waals surface area contributed by atoms with Gasteiger partial charge < -0.3 is 9.47 Å². The van der Waals surface area contributed by atoms with Crippen molar-refractivity contribution in [3.63, 3.8) is 0 Å². The monoisotopic (exact) mass is 358 g/mol. The van der Waals surface area contributed by atoms with Crippen molar-refractivity contribution in [1.82, 2.24) is 0 Å². The van der Waals surface area contributed by atoms with Gasteiger partial charge in [0.25, 0.3) is 0 Å². The molecule has 1 aliphatic rings. The van der Waals surface area contributed by atoms with Gasteiger partial charge >= 0.3 is 0 Å². The van der Waals surface area contributed by atoms with E-state index < -0.39 is 0 Å². The number of methoxy groups -OCH3 is 2. The van der Waals surface area contributed by atoms with Gasteiger partial charge in [0, 0.05) is 16.5 Å². The first kappa shape index (κ1) is 16.6. The van der Waals surface area contributed by atoms with Gasteiger partial charge in [-0.15, -0.1) is 0 Å². The van der Waals surface area contributed by atoms with Crippen LogP contribution in [0.4, 0.5) is 4.39 Å². The zero-order chi connectivity index (χ0) is 15.6. The Hall–Kier alpha value is -0.770. The first-order valence-electron chi connectivity index (χ1n) is 7.46. The second kappa shape index (κ2) is 6.55. The molecular weight excluding hydrogens is 335 g/mol. The third kappa shape index (κ3) is 3.36. The molecule has 2 nitrogen and oxygen atoms in total. The summed E-state index contributed by atoms with van der Waals surface area (Å²) < 4.78 is 24.9. The summed E-state index contributed by atoms with van der Waals surface area (Å²) in [4.78, 5) is -0.00685. The molecule has 1 aliphatic carbocycles. The van der Waals surface area contributed by atoms with Crippen molar-refractivity contribution >= 4 is 15.9 Å². The Labute approximate surface area is 135 Å². The van der Waals surface area contributed by atoms with Crippen molar-refractivity contribution in [2.45, 2.75) is 44.4 Å². The maximum Gasteiger partial charge on any atom is 0.163 e. The Balaban J connectivity index is 2.36. The maximum atomic E-state index is 14.4. The van der Waals surface area contributed by atoms with Gasteiger partial charge in [-0.05, 0) is 30.2 Å². The highest BCUT2D eigenvalue weighted by Crippen LogP contribution is 2.51. The highest BCUT2D eigenvalue weighted by molar-refractivity contribution is 9.09. The van der Waals surface area contributed by atoms with Crippen molar-refractivity contribution < 1.29 is 13.9 Å². The molecule has 2 unspecified atom stereocenters. The van der Waals surface area contributed by atoms with E-state index in [4.69, 9.17) is 9.47 Å².